The van der Waals surface area contributed by atoms with Crippen LogP contribution in [-0.4, -0.2) is 48.7 Å². The molecule has 142 valence electrons. The first-order valence-corrected chi connectivity index (χ1v) is 8.20. The van der Waals surface area contributed by atoms with Crippen molar-refractivity contribution in [2.45, 2.75) is 6.54 Å². The summed E-state index contributed by atoms with van der Waals surface area (Å²) in [5.41, 5.74) is 1.97. The predicted octanol–water partition coefficient (Wildman–Crippen LogP) is -0.278. The van der Waals surface area contributed by atoms with Gasteiger partial charge in [-0.15, -0.1) is 20.4 Å². The van der Waals surface area contributed by atoms with Crippen LogP contribution in [0.25, 0.3) is 11.4 Å². The molecule has 0 atom stereocenters. The third-order valence-electron chi connectivity index (χ3n) is 4.18. The summed E-state index contributed by atoms with van der Waals surface area (Å²) in [5.74, 6) is 2.69. The minimum atomic E-state index is 0. The second-order valence-electron chi connectivity index (χ2n) is 6.41. The van der Waals surface area contributed by atoms with E-state index in [9.17, 15) is 0 Å². The Kier molecular flexibility index (Phi) is 6.81. The van der Waals surface area contributed by atoms with E-state index >= 15 is 0 Å². The van der Waals surface area contributed by atoms with Crippen molar-refractivity contribution in [3.63, 3.8) is 0 Å². The van der Waals surface area contributed by atoms with Gasteiger partial charge in [0.25, 0.3) is 0 Å². The molecule has 8 heteroatoms. The molecule has 0 N–H and O–H groups in total. The van der Waals surface area contributed by atoms with Crippen molar-refractivity contribution >= 4 is 5.69 Å². The van der Waals surface area contributed by atoms with Crippen molar-refractivity contribution in [3.05, 3.63) is 54.4 Å². The van der Waals surface area contributed by atoms with Gasteiger partial charge in [-0.2, -0.15) is 0 Å². The molecular weight excluding hydrogens is 410 g/mol. The van der Waals surface area contributed by atoms with Crippen LogP contribution in [-0.2, 0) is 6.54 Å². The summed E-state index contributed by atoms with van der Waals surface area (Å²) in [4.78, 5) is 0. The van der Waals surface area contributed by atoms with Crippen LogP contribution in [0.5, 0.6) is 11.5 Å². The molecule has 1 aromatic heterocycles. The number of rotatable bonds is 6. The van der Waals surface area contributed by atoms with Crippen molar-refractivity contribution in [1.29, 1.82) is 0 Å². The summed E-state index contributed by atoms with van der Waals surface area (Å²) >= 11 is 0. The maximum absolute atomic E-state index is 5.21. The average molecular weight is 432 g/mol. The summed E-state index contributed by atoms with van der Waals surface area (Å²) in [6.07, 6.45) is 0. The van der Waals surface area contributed by atoms with E-state index in [2.05, 4.69) is 34.5 Å². The molecular formula is C19H22BrN5O2. The number of hydrogen-bond acceptors (Lipinski definition) is 6. The van der Waals surface area contributed by atoms with E-state index in [1.807, 2.05) is 48.5 Å². The number of nitrogens with zero attached hydrogens (tertiary/aromatic N) is 5. The second kappa shape index (κ2) is 8.88. The number of halogens is 1. The highest BCUT2D eigenvalue weighted by molar-refractivity contribution is 5.55. The first-order valence-electron chi connectivity index (χ1n) is 8.20. The van der Waals surface area contributed by atoms with E-state index in [0.29, 0.717) is 22.7 Å². The third kappa shape index (κ3) is 4.99. The van der Waals surface area contributed by atoms with Gasteiger partial charge in [0.1, 0.15) is 23.7 Å². The van der Waals surface area contributed by atoms with Crippen molar-refractivity contribution in [2.75, 3.05) is 28.3 Å². The van der Waals surface area contributed by atoms with Crippen molar-refractivity contribution < 1.29 is 26.5 Å². The van der Waals surface area contributed by atoms with E-state index in [-0.39, 0.29) is 17.0 Å². The lowest BCUT2D eigenvalue weighted by Gasteiger charge is -2.28. The van der Waals surface area contributed by atoms with Crippen molar-refractivity contribution in [3.8, 4) is 22.9 Å². The fraction of sp³-hybridized carbons (Fsp3) is 0.263. The van der Waals surface area contributed by atoms with Crippen LogP contribution in [0.15, 0.2) is 48.5 Å². The molecule has 0 bridgehead atoms. The number of methoxy groups -OCH3 is 2. The standard InChI is InChI=1S/C19H22N5O2.BrH/c1-24(2,15-7-11-17(26-4)12-8-15)13-18-20-22-19(23-21-18)14-5-9-16(25-3)10-6-14;/h5-12H,13H2,1-4H3;1H/q+1;/p-1. The van der Waals surface area contributed by atoms with Gasteiger partial charge in [0, 0.05) is 17.7 Å². The number of ether oxygens (including phenoxy) is 2. The lowest BCUT2D eigenvalue weighted by atomic mass is 10.2. The monoisotopic (exact) mass is 431 g/mol. The highest BCUT2D eigenvalue weighted by atomic mass is 79.9. The molecule has 0 aliphatic rings. The highest BCUT2D eigenvalue weighted by Gasteiger charge is 2.22. The van der Waals surface area contributed by atoms with Crippen LogP contribution in [0.1, 0.15) is 5.82 Å². The fourth-order valence-corrected chi connectivity index (χ4v) is 2.60. The van der Waals surface area contributed by atoms with Gasteiger partial charge >= 0.3 is 0 Å². The molecule has 0 fully saturated rings. The Morgan fingerprint density at radius 3 is 1.70 bits per heavy atom. The molecule has 0 unspecified atom stereocenters. The van der Waals surface area contributed by atoms with Crippen LogP contribution in [0.2, 0.25) is 0 Å². The second-order valence-corrected chi connectivity index (χ2v) is 6.41. The lowest BCUT2D eigenvalue weighted by Crippen LogP contribution is -3.00. The number of quaternary nitrogens is 1. The van der Waals surface area contributed by atoms with E-state index in [1.165, 1.54) is 0 Å². The lowest BCUT2D eigenvalue weighted by molar-refractivity contribution is -0.00000645. The first kappa shape index (κ1) is 20.7. The maximum Gasteiger partial charge on any atom is 0.227 e. The Morgan fingerprint density at radius 1 is 0.741 bits per heavy atom. The zero-order valence-electron chi connectivity index (χ0n) is 15.8. The Bertz CT molecular complexity index is 853. The topological polar surface area (TPSA) is 70.0 Å². The maximum atomic E-state index is 5.21. The molecule has 2 aromatic carbocycles. The summed E-state index contributed by atoms with van der Waals surface area (Å²) in [6, 6.07) is 15.4. The highest BCUT2D eigenvalue weighted by Crippen LogP contribution is 2.24. The largest absolute Gasteiger partial charge is 1.00 e. The number of benzene rings is 2. The Balaban J connectivity index is 0.00000261. The van der Waals surface area contributed by atoms with Crippen LogP contribution in [0.3, 0.4) is 0 Å². The molecule has 0 saturated carbocycles. The Hall–Kier alpha value is -2.58. The van der Waals surface area contributed by atoms with Gasteiger partial charge in [0.05, 0.1) is 28.3 Å². The molecule has 7 nitrogen and oxygen atoms in total. The zero-order chi connectivity index (χ0) is 18.6. The van der Waals surface area contributed by atoms with Gasteiger partial charge in [-0.1, -0.05) is 0 Å². The number of aromatic nitrogens is 4. The fourth-order valence-electron chi connectivity index (χ4n) is 2.60. The number of hydrogen-bond donors (Lipinski definition) is 0. The zero-order valence-corrected chi connectivity index (χ0v) is 17.3. The minimum absolute atomic E-state index is 0. The van der Waals surface area contributed by atoms with Gasteiger partial charge in [-0.25, -0.2) is 0 Å². The van der Waals surface area contributed by atoms with Gasteiger partial charge < -0.3 is 26.5 Å². The normalized spacial score (nSPS) is 10.8. The molecule has 27 heavy (non-hydrogen) atoms. The van der Waals surface area contributed by atoms with Gasteiger partial charge in [0.2, 0.25) is 11.6 Å². The molecule has 3 rings (SSSR count). The van der Waals surface area contributed by atoms with Crippen LogP contribution in [0.4, 0.5) is 5.69 Å². The molecule has 0 aliphatic heterocycles. The minimum Gasteiger partial charge on any atom is -1.00 e. The molecule has 0 spiro atoms. The summed E-state index contributed by atoms with van der Waals surface area (Å²) in [6.45, 7) is 0.579. The Morgan fingerprint density at radius 2 is 1.22 bits per heavy atom. The van der Waals surface area contributed by atoms with E-state index < -0.39 is 0 Å². The smallest absolute Gasteiger partial charge is 0.227 e. The molecule has 0 amide bonds. The predicted molar refractivity (Wildman–Crippen MR) is 100.0 cm³/mol. The molecule has 0 radical (unpaired) electrons. The van der Waals surface area contributed by atoms with Crippen molar-refractivity contribution in [2.24, 2.45) is 0 Å². The van der Waals surface area contributed by atoms with Gasteiger partial charge in [-0.3, -0.25) is 4.48 Å². The van der Waals surface area contributed by atoms with Crippen LogP contribution >= 0.6 is 0 Å². The summed E-state index contributed by atoms with van der Waals surface area (Å²) < 4.78 is 10.9. The van der Waals surface area contributed by atoms with Crippen molar-refractivity contribution in [1.82, 2.24) is 24.9 Å². The van der Waals surface area contributed by atoms with Crippen LogP contribution in [0, 0.1) is 0 Å². The molecule has 0 aliphatic carbocycles. The van der Waals surface area contributed by atoms with E-state index in [1.54, 1.807) is 14.2 Å². The van der Waals surface area contributed by atoms with Crippen LogP contribution < -0.4 is 30.9 Å². The molecule has 3 aromatic rings. The average Bonchev–Trinajstić information content (AvgIpc) is 2.68. The van der Waals surface area contributed by atoms with E-state index in [0.717, 1.165) is 22.7 Å². The summed E-state index contributed by atoms with van der Waals surface area (Å²) in [5, 5.41) is 16.9. The quantitative estimate of drug-likeness (QED) is 0.500. The Labute approximate surface area is 169 Å². The SMILES string of the molecule is COc1ccc(-c2nnc(C[N+](C)(C)c3ccc(OC)cc3)nn2)cc1.[Br-]. The first-order chi connectivity index (χ1) is 12.5. The molecule has 0 saturated heterocycles. The molecule has 1 heterocycles. The summed E-state index contributed by atoms with van der Waals surface area (Å²) in [7, 11) is 7.46. The third-order valence-corrected chi connectivity index (χ3v) is 4.18. The van der Waals surface area contributed by atoms with Gasteiger partial charge in [0.15, 0.2) is 0 Å². The van der Waals surface area contributed by atoms with E-state index in [4.69, 9.17) is 9.47 Å². The van der Waals surface area contributed by atoms with Gasteiger partial charge in [-0.05, 0) is 36.4 Å².